The molecule has 0 aliphatic carbocycles. The number of hydrogen-bond acceptors (Lipinski definition) is 7. The Labute approximate surface area is 253 Å². The summed E-state index contributed by atoms with van der Waals surface area (Å²) in [5, 5.41) is 5.49. The maximum Gasteiger partial charge on any atom is 0.408 e. The monoisotopic (exact) mass is 609 g/mol. The standard InChI is InChI=1S/C32H39N3O7S/c1-30(2,3)35-43(38,39)26-15-11-10-14-25(26)22-16-18-24(19-17-22)33-28(36)32(34-29(37)42-31(4,5)6)20-40-27(41-21-32)23-12-8-7-9-13-23/h7-19,27,35H,20-21H2,1-6H3,(H,33,36)(H,34,37). The van der Waals surface area contributed by atoms with Crippen molar-refractivity contribution in [2.24, 2.45) is 0 Å². The number of nitrogens with one attached hydrogen (secondary N) is 3. The van der Waals surface area contributed by atoms with Crippen molar-refractivity contribution < 1.29 is 32.2 Å². The van der Waals surface area contributed by atoms with Crippen LogP contribution < -0.4 is 15.4 Å². The number of carbonyl (C=O) groups excluding carboxylic acids is 2. The molecule has 43 heavy (non-hydrogen) atoms. The molecule has 3 aromatic rings. The fourth-order valence-electron chi connectivity index (χ4n) is 4.47. The van der Waals surface area contributed by atoms with Gasteiger partial charge in [-0.2, -0.15) is 0 Å². The molecule has 4 rings (SSSR count). The Morgan fingerprint density at radius 2 is 1.42 bits per heavy atom. The Kier molecular flexibility index (Phi) is 9.31. The third-order valence-electron chi connectivity index (χ3n) is 6.28. The maximum absolute atomic E-state index is 13.7. The quantitative estimate of drug-likeness (QED) is 0.328. The molecular weight excluding hydrogens is 570 g/mol. The van der Waals surface area contributed by atoms with Crippen LogP contribution >= 0.6 is 0 Å². The van der Waals surface area contributed by atoms with E-state index in [1.165, 1.54) is 0 Å². The van der Waals surface area contributed by atoms with Gasteiger partial charge in [-0.05, 0) is 65.3 Å². The van der Waals surface area contributed by atoms with E-state index in [0.717, 1.165) is 5.56 Å². The van der Waals surface area contributed by atoms with E-state index in [1.807, 2.05) is 30.3 Å². The first-order valence-electron chi connectivity index (χ1n) is 13.9. The maximum atomic E-state index is 13.7. The molecule has 0 spiro atoms. The normalized spacial score (nSPS) is 19.3. The second kappa shape index (κ2) is 12.5. The van der Waals surface area contributed by atoms with Gasteiger partial charge in [0.1, 0.15) is 5.60 Å². The van der Waals surface area contributed by atoms with Gasteiger partial charge in [-0.15, -0.1) is 0 Å². The summed E-state index contributed by atoms with van der Waals surface area (Å²) >= 11 is 0. The minimum absolute atomic E-state index is 0.145. The number of alkyl carbamates (subject to hydrolysis) is 1. The van der Waals surface area contributed by atoms with E-state index >= 15 is 0 Å². The van der Waals surface area contributed by atoms with Crippen molar-refractivity contribution in [1.82, 2.24) is 10.0 Å². The molecule has 1 aliphatic heterocycles. The molecule has 0 saturated carbocycles. The van der Waals surface area contributed by atoms with Gasteiger partial charge >= 0.3 is 6.09 Å². The number of sulfonamides is 1. The predicted molar refractivity (Wildman–Crippen MR) is 164 cm³/mol. The number of hydrogen-bond donors (Lipinski definition) is 3. The number of carbonyl (C=O) groups is 2. The van der Waals surface area contributed by atoms with Crippen LogP contribution in [0.3, 0.4) is 0 Å². The minimum Gasteiger partial charge on any atom is -0.444 e. The first kappa shape index (κ1) is 32.2. The molecule has 11 heteroatoms. The zero-order chi connectivity index (χ0) is 31.5. The topological polar surface area (TPSA) is 132 Å². The van der Waals surface area contributed by atoms with E-state index in [9.17, 15) is 18.0 Å². The summed E-state index contributed by atoms with van der Waals surface area (Å²) in [6.45, 7) is 10.2. The largest absolute Gasteiger partial charge is 0.444 e. The van der Waals surface area contributed by atoms with Crippen LogP contribution in [0.1, 0.15) is 53.4 Å². The SMILES string of the molecule is CC(C)(C)NS(=O)(=O)c1ccccc1-c1ccc(NC(=O)C2(NC(=O)OC(C)(C)C)COC(c3ccccc3)OC2)cc1. The van der Waals surface area contributed by atoms with Gasteiger partial charge in [0.2, 0.25) is 10.0 Å². The molecule has 2 amide bonds. The summed E-state index contributed by atoms with van der Waals surface area (Å²) in [6, 6.07) is 22.7. The second-order valence-electron chi connectivity index (χ2n) is 12.5. The fourth-order valence-corrected chi connectivity index (χ4v) is 6.12. The lowest BCUT2D eigenvalue weighted by atomic mass is 9.99. The van der Waals surface area contributed by atoms with Crippen LogP contribution in [0.2, 0.25) is 0 Å². The smallest absolute Gasteiger partial charge is 0.408 e. The lowest BCUT2D eigenvalue weighted by Crippen LogP contribution is -2.65. The lowest BCUT2D eigenvalue weighted by Gasteiger charge is -2.39. The van der Waals surface area contributed by atoms with Crippen LogP contribution in [0, 0.1) is 0 Å². The Morgan fingerprint density at radius 3 is 2.00 bits per heavy atom. The lowest BCUT2D eigenvalue weighted by molar-refractivity contribution is -0.214. The predicted octanol–water partition coefficient (Wildman–Crippen LogP) is 5.38. The summed E-state index contributed by atoms with van der Waals surface area (Å²) < 4.78 is 46.2. The first-order chi connectivity index (χ1) is 20.1. The Morgan fingerprint density at radius 1 is 0.837 bits per heavy atom. The summed E-state index contributed by atoms with van der Waals surface area (Å²) in [6.07, 6.45) is -1.49. The van der Waals surface area contributed by atoms with Gasteiger partial charge in [-0.1, -0.05) is 60.7 Å². The van der Waals surface area contributed by atoms with Gasteiger partial charge in [0, 0.05) is 22.4 Å². The van der Waals surface area contributed by atoms with Crippen LogP contribution in [-0.4, -0.2) is 50.3 Å². The average Bonchev–Trinajstić information content (AvgIpc) is 2.92. The molecule has 3 aromatic carbocycles. The first-order valence-corrected chi connectivity index (χ1v) is 15.4. The van der Waals surface area contributed by atoms with Crippen LogP contribution in [0.25, 0.3) is 11.1 Å². The number of rotatable bonds is 7. The molecule has 0 unspecified atom stereocenters. The highest BCUT2D eigenvalue weighted by Gasteiger charge is 2.46. The third-order valence-corrected chi connectivity index (χ3v) is 8.10. The van der Waals surface area contributed by atoms with Crippen molar-refractivity contribution in [2.45, 2.75) is 69.4 Å². The molecule has 1 saturated heterocycles. The van der Waals surface area contributed by atoms with Crippen molar-refractivity contribution >= 4 is 27.7 Å². The number of anilines is 1. The molecular formula is C32H39N3O7S. The number of ether oxygens (including phenoxy) is 3. The molecule has 1 aliphatic rings. The third kappa shape index (κ3) is 8.41. The van der Waals surface area contributed by atoms with E-state index in [4.69, 9.17) is 14.2 Å². The average molecular weight is 610 g/mol. The van der Waals surface area contributed by atoms with E-state index in [1.54, 1.807) is 90.1 Å². The van der Waals surface area contributed by atoms with Gasteiger partial charge in [-0.25, -0.2) is 17.9 Å². The van der Waals surface area contributed by atoms with Gasteiger partial charge < -0.3 is 24.8 Å². The van der Waals surface area contributed by atoms with E-state index in [2.05, 4.69) is 15.4 Å². The molecule has 10 nitrogen and oxygen atoms in total. The summed E-state index contributed by atoms with van der Waals surface area (Å²) in [5.74, 6) is -0.560. The van der Waals surface area contributed by atoms with Crippen molar-refractivity contribution in [3.05, 3.63) is 84.4 Å². The molecule has 230 valence electrons. The van der Waals surface area contributed by atoms with Crippen LogP contribution in [0.5, 0.6) is 0 Å². The van der Waals surface area contributed by atoms with Gasteiger partial charge in [0.25, 0.3) is 5.91 Å². The van der Waals surface area contributed by atoms with E-state index < -0.39 is 45.0 Å². The zero-order valence-electron chi connectivity index (χ0n) is 25.3. The Bertz CT molecular complexity index is 1540. The van der Waals surface area contributed by atoms with Crippen molar-refractivity contribution in [3.63, 3.8) is 0 Å². The number of amides is 2. The molecule has 0 radical (unpaired) electrons. The fraction of sp³-hybridized carbons (Fsp3) is 0.375. The molecule has 3 N–H and O–H groups in total. The Hall–Kier alpha value is -3.77. The number of benzene rings is 3. The molecule has 0 atom stereocenters. The summed E-state index contributed by atoms with van der Waals surface area (Å²) in [7, 11) is -3.80. The van der Waals surface area contributed by atoms with E-state index in [0.29, 0.717) is 16.8 Å². The Balaban J connectivity index is 1.55. The van der Waals surface area contributed by atoms with Crippen LogP contribution in [0.15, 0.2) is 83.8 Å². The summed E-state index contributed by atoms with van der Waals surface area (Å²) in [4.78, 5) is 26.6. The highest BCUT2D eigenvalue weighted by Crippen LogP contribution is 2.31. The molecule has 1 heterocycles. The van der Waals surface area contributed by atoms with Crippen molar-refractivity contribution in [3.8, 4) is 11.1 Å². The highest BCUT2D eigenvalue weighted by atomic mass is 32.2. The highest BCUT2D eigenvalue weighted by molar-refractivity contribution is 7.89. The minimum atomic E-state index is -3.80. The zero-order valence-corrected chi connectivity index (χ0v) is 26.1. The molecule has 0 bridgehead atoms. The van der Waals surface area contributed by atoms with Gasteiger partial charge in [0.05, 0.1) is 18.1 Å². The van der Waals surface area contributed by atoms with E-state index in [-0.39, 0.29) is 18.1 Å². The molecule has 0 aromatic heterocycles. The van der Waals surface area contributed by atoms with Crippen LogP contribution in [-0.2, 0) is 29.0 Å². The van der Waals surface area contributed by atoms with Gasteiger partial charge in [-0.3, -0.25) is 4.79 Å². The van der Waals surface area contributed by atoms with Crippen molar-refractivity contribution in [1.29, 1.82) is 0 Å². The molecule has 1 fully saturated rings. The van der Waals surface area contributed by atoms with Crippen molar-refractivity contribution in [2.75, 3.05) is 18.5 Å². The second-order valence-corrected chi connectivity index (χ2v) is 14.1. The summed E-state index contributed by atoms with van der Waals surface area (Å²) in [5.41, 5.74) is -0.650. The van der Waals surface area contributed by atoms with Crippen LogP contribution in [0.4, 0.5) is 10.5 Å². The van der Waals surface area contributed by atoms with Gasteiger partial charge in [0.15, 0.2) is 11.8 Å².